The minimum Gasteiger partial charge on any atom is -0.256 e. The highest BCUT2D eigenvalue weighted by atomic mass is 14.7. The summed E-state index contributed by atoms with van der Waals surface area (Å²) >= 11 is 0. The van der Waals surface area contributed by atoms with Crippen LogP contribution in [0.4, 0.5) is 0 Å². The fourth-order valence-electron chi connectivity index (χ4n) is 7.64. The molecule has 0 saturated carbocycles. The van der Waals surface area contributed by atoms with Gasteiger partial charge in [0.15, 0.2) is 0 Å². The molecule has 9 rings (SSSR count). The number of hydrogen-bond acceptors (Lipinski definition) is 2. The van der Waals surface area contributed by atoms with Crippen LogP contribution in [0.15, 0.2) is 140 Å². The first-order chi connectivity index (χ1) is 23.2. The van der Waals surface area contributed by atoms with Crippen molar-refractivity contribution in [3.63, 3.8) is 0 Å². The van der Waals surface area contributed by atoms with E-state index < -0.39 is 0 Å². The maximum Gasteiger partial charge on any atom is 0.113 e. The average Bonchev–Trinajstić information content (AvgIpc) is 3.14. The molecule has 2 radical (unpaired) electrons. The van der Waals surface area contributed by atoms with Gasteiger partial charge in [-0.25, -0.2) is 0 Å². The predicted octanol–water partition coefficient (Wildman–Crippen LogP) is 9.47. The van der Waals surface area contributed by atoms with E-state index in [9.17, 15) is 0 Å². The summed E-state index contributed by atoms with van der Waals surface area (Å²) in [5.41, 5.74) is 20.3. The largest absolute Gasteiger partial charge is 0.256 e. The zero-order chi connectivity index (χ0) is 31.3. The van der Waals surface area contributed by atoms with E-state index in [0.717, 1.165) is 53.7 Å². The lowest BCUT2D eigenvalue weighted by Gasteiger charge is -2.21. The zero-order valence-corrected chi connectivity index (χ0v) is 26.1. The molecule has 0 spiro atoms. The van der Waals surface area contributed by atoms with Crippen LogP contribution in [0.5, 0.6) is 0 Å². The van der Waals surface area contributed by atoms with Crippen LogP contribution in [0, 0.1) is 0 Å². The lowest BCUT2D eigenvalue weighted by atomic mass is 9.83. The summed E-state index contributed by atoms with van der Waals surface area (Å²) in [5, 5.41) is 0. The monoisotopic (exact) mass is 598 g/mol. The third-order valence-corrected chi connectivity index (χ3v) is 9.88. The van der Waals surface area contributed by atoms with Crippen LogP contribution < -0.4 is 5.46 Å². The predicted molar refractivity (Wildman–Crippen MR) is 195 cm³/mol. The van der Waals surface area contributed by atoms with E-state index in [-0.39, 0.29) is 0 Å². The minimum absolute atomic E-state index is 0.753. The highest BCUT2D eigenvalue weighted by Gasteiger charge is 2.20. The van der Waals surface area contributed by atoms with E-state index in [4.69, 9.17) is 17.8 Å². The molecule has 47 heavy (non-hydrogen) atoms. The van der Waals surface area contributed by atoms with Gasteiger partial charge in [-0.15, -0.1) is 0 Å². The number of nitrogens with zero attached hydrogens (tertiary/aromatic N) is 2. The van der Waals surface area contributed by atoms with Gasteiger partial charge in [0, 0.05) is 23.5 Å². The number of aromatic nitrogens is 2. The second-order valence-corrected chi connectivity index (χ2v) is 12.7. The Bertz CT molecular complexity index is 2180. The number of pyridine rings is 2. The number of benzene rings is 5. The van der Waals surface area contributed by atoms with Gasteiger partial charge in [0.2, 0.25) is 0 Å². The van der Waals surface area contributed by atoms with Gasteiger partial charge in [0.1, 0.15) is 7.85 Å². The number of hydrogen-bond donors (Lipinski definition) is 0. The first kappa shape index (κ1) is 27.7. The van der Waals surface area contributed by atoms with Crippen molar-refractivity contribution in [2.75, 3.05) is 0 Å². The van der Waals surface area contributed by atoms with Gasteiger partial charge in [0.05, 0.1) is 11.4 Å². The molecule has 0 unspecified atom stereocenters. The fraction of sp³-hybridized carbons (Fsp3) is 0.0909. The van der Waals surface area contributed by atoms with Crippen LogP contribution in [0.1, 0.15) is 22.3 Å². The maximum absolute atomic E-state index is 6.67. The van der Waals surface area contributed by atoms with Crippen LogP contribution in [-0.4, -0.2) is 17.8 Å². The standard InChI is InChI=1S/C44H31BN2/c45-36-26-34(39-11-3-1-9-37(39)30-17-19-41-32(23-30)15-13-28-7-5-21-46-43(28)41)25-35(27-36)40-12-4-2-10-38(40)31-18-20-42-33(24-31)16-14-29-8-6-22-47-44(29)42/h1-12,17-27H,13-16H2. The van der Waals surface area contributed by atoms with Crippen molar-refractivity contribution < 1.29 is 0 Å². The molecule has 2 aliphatic rings. The Morgan fingerprint density at radius 3 is 1.26 bits per heavy atom. The highest BCUT2D eigenvalue weighted by Crippen LogP contribution is 2.41. The van der Waals surface area contributed by atoms with Crippen molar-refractivity contribution in [2.45, 2.75) is 25.7 Å². The fourth-order valence-corrected chi connectivity index (χ4v) is 7.64. The van der Waals surface area contributed by atoms with Gasteiger partial charge in [-0.05, 0) is 111 Å². The topological polar surface area (TPSA) is 25.8 Å². The molecule has 0 amide bonds. The summed E-state index contributed by atoms with van der Waals surface area (Å²) in [5.74, 6) is 0. The van der Waals surface area contributed by atoms with Crippen molar-refractivity contribution in [2.24, 2.45) is 0 Å². The Morgan fingerprint density at radius 2 is 0.787 bits per heavy atom. The summed E-state index contributed by atoms with van der Waals surface area (Å²) in [6, 6.07) is 46.1. The molecule has 220 valence electrons. The molecular weight excluding hydrogens is 567 g/mol. The van der Waals surface area contributed by atoms with Crippen molar-refractivity contribution in [3.05, 3.63) is 162 Å². The van der Waals surface area contributed by atoms with Crippen LogP contribution in [0.3, 0.4) is 0 Å². The quantitative estimate of drug-likeness (QED) is 0.189. The molecule has 0 aliphatic heterocycles. The first-order valence-electron chi connectivity index (χ1n) is 16.4. The van der Waals surface area contributed by atoms with E-state index in [1.807, 2.05) is 24.5 Å². The molecule has 0 bridgehead atoms. The van der Waals surface area contributed by atoms with E-state index in [2.05, 4.69) is 115 Å². The summed E-state index contributed by atoms with van der Waals surface area (Å²) in [6.45, 7) is 0. The third kappa shape index (κ3) is 4.91. The summed E-state index contributed by atoms with van der Waals surface area (Å²) in [7, 11) is 6.67. The molecule has 0 fully saturated rings. The summed E-state index contributed by atoms with van der Waals surface area (Å²) in [6.07, 6.45) is 7.88. The molecule has 0 atom stereocenters. The number of rotatable bonds is 4. The molecule has 0 N–H and O–H groups in total. The highest BCUT2D eigenvalue weighted by molar-refractivity contribution is 6.33. The molecule has 0 saturated heterocycles. The van der Waals surface area contributed by atoms with Gasteiger partial charge in [-0.3, -0.25) is 9.97 Å². The second kappa shape index (κ2) is 11.4. The lowest BCUT2D eigenvalue weighted by Crippen LogP contribution is -2.06. The van der Waals surface area contributed by atoms with Gasteiger partial charge in [0.25, 0.3) is 0 Å². The van der Waals surface area contributed by atoms with E-state index in [0.29, 0.717) is 0 Å². The maximum atomic E-state index is 6.67. The summed E-state index contributed by atoms with van der Waals surface area (Å²) in [4.78, 5) is 9.44. The van der Waals surface area contributed by atoms with E-state index in [1.165, 1.54) is 66.8 Å². The molecule has 2 nitrogen and oxygen atoms in total. The van der Waals surface area contributed by atoms with Crippen LogP contribution in [0.25, 0.3) is 67.0 Å². The van der Waals surface area contributed by atoms with Crippen molar-refractivity contribution >= 4 is 13.3 Å². The Hall–Kier alpha value is -5.54. The molecule has 5 aromatic carbocycles. The Morgan fingerprint density at radius 1 is 0.362 bits per heavy atom. The van der Waals surface area contributed by atoms with E-state index in [1.54, 1.807) is 0 Å². The number of aryl methyl sites for hydroxylation is 4. The Balaban J connectivity index is 1.12. The molecule has 3 heteroatoms. The SMILES string of the molecule is [B]c1cc(-c2ccccc2-c2ccc3c(c2)CCc2cccnc2-3)cc(-c2ccccc2-c2ccc3c(c2)CCc2cccnc2-3)c1. The normalized spacial score (nSPS) is 12.9. The van der Waals surface area contributed by atoms with Gasteiger partial charge < -0.3 is 0 Å². The van der Waals surface area contributed by atoms with Gasteiger partial charge in [-0.2, -0.15) is 0 Å². The van der Waals surface area contributed by atoms with Crippen LogP contribution in [0.2, 0.25) is 0 Å². The zero-order valence-electron chi connectivity index (χ0n) is 26.1. The minimum atomic E-state index is 0.753. The first-order valence-corrected chi connectivity index (χ1v) is 16.4. The Kier molecular flexibility index (Phi) is 6.71. The van der Waals surface area contributed by atoms with Crippen LogP contribution in [-0.2, 0) is 25.7 Å². The lowest BCUT2D eigenvalue weighted by molar-refractivity contribution is 0.928. The van der Waals surface area contributed by atoms with Gasteiger partial charge >= 0.3 is 0 Å². The van der Waals surface area contributed by atoms with Crippen LogP contribution >= 0.6 is 0 Å². The smallest absolute Gasteiger partial charge is 0.113 e. The average molecular weight is 599 g/mol. The molecule has 2 heterocycles. The van der Waals surface area contributed by atoms with Crippen molar-refractivity contribution in [3.8, 4) is 67.0 Å². The van der Waals surface area contributed by atoms with Gasteiger partial charge in [-0.1, -0.05) is 115 Å². The van der Waals surface area contributed by atoms with E-state index >= 15 is 0 Å². The second-order valence-electron chi connectivity index (χ2n) is 12.7. The number of fused-ring (bicyclic) bond motifs is 6. The van der Waals surface area contributed by atoms with Crippen molar-refractivity contribution in [1.29, 1.82) is 0 Å². The molecular formula is C44H31BN2. The Labute approximate surface area is 277 Å². The molecule has 2 aromatic heterocycles. The molecule has 2 aliphatic carbocycles. The molecule has 7 aromatic rings. The summed E-state index contributed by atoms with van der Waals surface area (Å²) < 4.78 is 0. The van der Waals surface area contributed by atoms with Crippen molar-refractivity contribution in [1.82, 2.24) is 9.97 Å². The third-order valence-electron chi connectivity index (χ3n) is 9.88.